The Balaban J connectivity index is 1.46. The lowest BCUT2D eigenvalue weighted by Gasteiger charge is -2.30. The second kappa shape index (κ2) is 5.94. The summed E-state index contributed by atoms with van der Waals surface area (Å²) in [6, 6.07) is 5.45. The molecule has 3 aromatic rings. The highest BCUT2D eigenvalue weighted by Gasteiger charge is 2.28. The number of carbonyl (C=O) groups excluding carboxylic acids is 1. The number of benzene rings is 1. The molecule has 1 aromatic carbocycles. The molecule has 6 nitrogen and oxygen atoms in total. The lowest BCUT2D eigenvalue weighted by Crippen LogP contribution is -2.38. The number of fused-ring (bicyclic) bond motifs is 1. The van der Waals surface area contributed by atoms with Gasteiger partial charge >= 0.3 is 0 Å². The molecule has 0 spiro atoms. The SMILES string of the molecule is Cn1cnc(C(=O)N2CCC(c3nc4cc(Cl)ccc4o3)CC2)c1. The summed E-state index contributed by atoms with van der Waals surface area (Å²) in [6.45, 7) is 1.36. The summed E-state index contributed by atoms with van der Waals surface area (Å²) in [5.41, 5.74) is 2.03. The number of halogens is 1. The Bertz CT molecular complexity index is 893. The highest BCUT2D eigenvalue weighted by molar-refractivity contribution is 6.31. The van der Waals surface area contributed by atoms with E-state index in [1.165, 1.54) is 0 Å². The highest BCUT2D eigenvalue weighted by Crippen LogP contribution is 2.31. The summed E-state index contributed by atoms with van der Waals surface area (Å²) in [7, 11) is 1.86. The number of hydrogen-bond acceptors (Lipinski definition) is 4. The first kappa shape index (κ1) is 15.2. The van der Waals surface area contributed by atoms with Crippen LogP contribution in [0.3, 0.4) is 0 Å². The number of rotatable bonds is 2. The number of piperidine rings is 1. The van der Waals surface area contributed by atoms with E-state index in [2.05, 4.69) is 9.97 Å². The summed E-state index contributed by atoms with van der Waals surface area (Å²) < 4.78 is 7.64. The van der Waals surface area contributed by atoms with Gasteiger partial charge in [-0.05, 0) is 31.0 Å². The van der Waals surface area contributed by atoms with Gasteiger partial charge in [-0.3, -0.25) is 4.79 Å². The number of likely N-dealkylation sites (tertiary alicyclic amines) is 1. The average Bonchev–Trinajstić information content (AvgIpc) is 3.20. The molecule has 1 amide bonds. The van der Waals surface area contributed by atoms with Crippen LogP contribution in [0.4, 0.5) is 0 Å². The Morgan fingerprint density at radius 2 is 2.12 bits per heavy atom. The normalized spacial score (nSPS) is 16.0. The van der Waals surface area contributed by atoms with Crippen LogP contribution in [0.2, 0.25) is 5.02 Å². The lowest BCUT2D eigenvalue weighted by molar-refractivity contribution is 0.0701. The molecule has 3 heterocycles. The minimum absolute atomic E-state index is 0.0154. The number of imidazole rings is 1. The van der Waals surface area contributed by atoms with Gasteiger partial charge < -0.3 is 13.9 Å². The van der Waals surface area contributed by atoms with Gasteiger partial charge in [-0.25, -0.2) is 9.97 Å². The number of aromatic nitrogens is 3. The van der Waals surface area contributed by atoms with Crippen LogP contribution in [-0.4, -0.2) is 38.4 Å². The summed E-state index contributed by atoms with van der Waals surface area (Å²) >= 11 is 5.99. The van der Waals surface area contributed by atoms with E-state index in [9.17, 15) is 4.79 Å². The Morgan fingerprint density at radius 1 is 1.33 bits per heavy atom. The Morgan fingerprint density at radius 3 is 2.83 bits per heavy atom. The topological polar surface area (TPSA) is 64.2 Å². The molecular weight excluding hydrogens is 328 g/mol. The summed E-state index contributed by atoms with van der Waals surface area (Å²) in [5.74, 6) is 0.944. The fourth-order valence-electron chi connectivity index (χ4n) is 3.11. The molecule has 0 unspecified atom stereocenters. The molecule has 2 aromatic heterocycles. The third-order valence-corrected chi connectivity index (χ3v) is 4.66. The van der Waals surface area contributed by atoms with E-state index >= 15 is 0 Å². The second-order valence-electron chi connectivity index (χ2n) is 6.16. The molecule has 24 heavy (non-hydrogen) atoms. The van der Waals surface area contributed by atoms with Crippen molar-refractivity contribution in [1.82, 2.24) is 19.4 Å². The van der Waals surface area contributed by atoms with Crippen molar-refractivity contribution in [3.8, 4) is 0 Å². The number of aryl methyl sites for hydroxylation is 1. The van der Waals surface area contributed by atoms with Crippen LogP contribution in [0.1, 0.15) is 35.1 Å². The van der Waals surface area contributed by atoms with Crippen LogP contribution in [0.5, 0.6) is 0 Å². The number of carbonyl (C=O) groups is 1. The molecule has 0 atom stereocenters. The molecule has 1 aliphatic rings. The van der Waals surface area contributed by atoms with Crippen LogP contribution in [-0.2, 0) is 7.05 Å². The molecule has 0 aliphatic carbocycles. The van der Waals surface area contributed by atoms with Gasteiger partial charge in [0.2, 0.25) is 0 Å². The third-order valence-electron chi connectivity index (χ3n) is 4.42. The fraction of sp³-hybridized carbons (Fsp3) is 0.353. The highest BCUT2D eigenvalue weighted by atomic mass is 35.5. The van der Waals surface area contributed by atoms with Crippen molar-refractivity contribution in [2.24, 2.45) is 7.05 Å². The van der Waals surface area contributed by atoms with Crippen LogP contribution >= 0.6 is 11.6 Å². The zero-order valence-electron chi connectivity index (χ0n) is 13.3. The van der Waals surface area contributed by atoms with Gasteiger partial charge in [0, 0.05) is 37.3 Å². The number of nitrogens with zero attached hydrogens (tertiary/aromatic N) is 4. The molecule has 1 fully saturated rings. The molecule has 7 heteroatoms. The fourth-order valence-corrected chi connectivity index (χ4v) is 3.27. The van der Waals surface area contributed by atoms with E-state index in [1.54, 1.807) is 23.2 Å². The molecule has 1 aliphatic heterocycles. The molecule has 124 valence electrons. The molecule has 0 bridgehead atoms. The zero-order chi connectivity index (χ0) is 16.7. The number of amides is 1. The molecule has 1 saturated heterocycles. The van der Waals surface area contributed by atoms with Gasteiger partial charge in [0.1, 0.15) is 11.2 Å². The van der Waals surface area contributed by atoms with Crippen LogP contribution in [0, 0.1) is 0 Å². The van der Waals surface area contributed by atoms with E-state index in [0.29, 0.717) is 23.8 Å². The quantitative estimate of drug-likeness (QED) is 0.716. The maximum atomic E-state index is 12.4. The standard InChI is InChI=1S/C17H17ClN4O2/c1-21-9-14(19-10-21)17(23)22-6-4-11(5-7-22)16-20-13-8-12(18)2-3-15(13)24-16/h2-3,8-11H,4-7H2,1H3. The maximum Gasteiger partial charge on any atom is 0.274 e. The average molecular weight is 345 g/mol. The number of oxazole rings is 1. The predicted molar refractivity (Wildman–Crippen MR) is 90.1 cm³/mol. The molecule has 0 radical (unpaired) electrons. The largest absolute Gasteiger partial charge is 0.440 e. The van der Waals surface area contributed by atoms with Crippen molar-refractivity contribution in [2.75, 3.05) is 13.1 Å². The minimum Gasteiger partial charge on any atom is -0.440 e. The maximum absolute atomic E-state index is 12.4. The number of hydrogen-bond donors (Lipinski definition) is 0. The monoisotopic (exact) mass is 344 g/mol. The van der Waals surface area contributed by atoms with Crippen molar-refractivity contribution < 1.29 is 9.21 Å². The van der Waals surface area contributed by atoms with Gasteiger partial charge in [0.05, 0.1) is 6.33 Å². The molecular formula is C17H17ClN4O2. The Hall–Kier alpha value is -2.34. The predicted octanol–water partition coefficient (Wildman–Crippen LogP) is 3.23. The third kappa shape index (κ3) is 2.78. The second-order valence-corrected chi connectivity index (χ2v) is 6.59. The first-order valence-corrected chi connectivity index (χ1v) is 8.31. The van der Waals surface area contributed by atoms with Crippen molar-refractivity contribution >= 4 is 28.6 Å². The first-order valence-electron chi connectivity index (χ1n) is 7.93. The van der Waals surface area contributed by atoms with Gasteiger partial charge in [-0.2, -0.15) is 0 Å². The molecule has 0 N–H and O–H groups in total. The van der Waals surface area contributed by atoms with E-state index in [0.717, 1.165) is 29.8 Å². The van der Waals surface area contributed by atoms with E-state index in [-0.39, 0.29) is 11.8 Å². The van der Waals surface area contributed by atoms with E-state index < -0.39 is 0 Å². The van der Waals surface area contributed by atoms with Crippen LogP contribution < -0.4 is 0 Å². The van der Waals surface area contributed by atoms with Gasteiger partial charge in [0.25, 0.3) is 5.91 Å². The lowest BCUT2D eigenvalue weighted by atomic mass is 9.96. The summed E-state index contributed by atoms with van der Waals surface area (Å²) in [5, 5.41) is 0.651. The van der Waals surface area contributed by atoms with Crippen molar-refractivity contribution in [1.29, 1.82) is 0 Å². The Labute approximate surface area is 144 Å². The summed E-state index contributed by atoms with van der Waals surface area (Å²) in [4.78, 5) is 23.0. The van der Waals surface area contributed by atoms with Crippen LogP contribution in [0.15, 0.2) is 35.1 Å². The van der Waals surface area contributed by atoms with Crippen molar-refractivity contribution in [3.63, 3.8) is 0 Å². The van der Waals surface area contributed by atoms with Crippen LogP contribution in [0.25, 0.3) is 11.1 Å². The van der Waals surface area contributed by atoms with Crippen molar-refractivity contribution in [3.05, 3.63) is 47.3 Å². The van der Waals surface area contributed by atoms with Gasteiger partial charge in [0.15, 0.2) is 11.5 Å². The van der Waals surface area contributed by atoms with Gasteiger partial charge in [-0.15, -0.1) is 0 Å². The van der Waals surface area contributed by atoms with E-state index in [4.69, 9.17) is 16.0 Å². The molecule has 4 rings (SSSR count). The minimum atomic E-state index is -0.0154. The Kier molecular flexibility index (Phi) is 3.76. The van der Waals surface area contributed by atoms with E-state index in [1.807, 2.05) is 24.1 Å². The smallest absolute Gasteiger partial charge is 0.274 e. The zero-order valence-corrected chi connectivity index (χ0v) is 14.0. The van der Waals surface area contributed by atoms with Gasteiger partial charge in [-0.1, -0.05) is 11.6 Å². The first-order chi connectivity index (χ1) is 11.6. The van der Waals surface area contributed by atoms with Crippen molar-refractivity contribution in [2.45, 2.75) is 18.8 Å². The summed E-state index contributed by atoms with van der Waals surface area (Å²) in [6.07, 6.45) is 5.06. The molecule has 0 saturated carbocycles.